The Morgan fingerprint density at radius 2 is 1.78 bits per heavy atom. The molecule has 1 fully saturated rings. The van der Waals surface area contributed by atoms with E-state index in [0.29, 0.717) is 12.0 Å². The van der Waals surface area contributed by atoms with Crippen LogP contribution in [-0.2, 0) is 22.2 Å². The van der Waals surface area contributed by atoms with Gasteiger partial charge in [0.15, 0.2) is 0 Å². The minimum atomic E-state index is -4.46. The molecular weight excluding hydrogens is 477 g/mol. The first-order valence-electron chi connectivity index (χ1n) is 9.43. The number of rotatable bonds is 8. The number of carbonyl (C=O) groups is 2. The molecular formula is C18H27BCl2F3N3O5. The average molecular weight is 504 g/mol. The lowest BCUT2D eigenvalue weighted by molar-refractivity contribution is -0.144. The zero-order valence-corrected chi connectivity index (χ0v) is 18.6. The summed E-state index contributed by atoms with van der Waals surface area (Å²) in [6, 6.07) is 3.23. The molecule has 2 rings (SSSR count). The van der Waals surface area contributed by atoms with Crippen LogP contribution in [0.4, 0.5) is 13.2 Å². The van der Waals surface area contributed by atoms with E-state index in [0.717, 1.165) is 12.1 Å². The number of likely N-dealkylation sites (tertiary alicyclic amines) is 1. The number of nitrogens with two attached hydrogens (primary N) is 2. The van der Waals surface area contributed by atoms with Crippen molar-refractivity contribution in [2.75, 3.05) is 13.1 Å². The fourth-order valence-electron chi connectivity index (χ4n) is 3.65. The quantitative estimate of drug-likeness (QED) is 0.331. The van der Waals surface area contributed by atoms with Gasteiger partial charge in [-0.25, -0.2) is 0 Å². The maximum Gasteiger partial charge on any atom is 0.451 e. The molecule has 1 aromatic carbocycles. The summed E-state index contributed by atoms with van der Waals surface area (Å²) in [5.41, 5.74) is 9.91. The third-order valence-electron chi connectivity index (χ3n) is 5.40. The van der Waals surface area contributed by atoms with Crippen molar-refractivity contribution in [2.45, 2.75) is 43.3 Å². The molecule has 1 saturated heterocycles. The number of amides is 1. The summed E-state index contributed by atoms with van der Waals surface area (Å²) in [5.74, 6) is -2.42. The first-order chi connectivity index (χ1) is 13.8. The van der Waals surface area contributed by atoms with Gasteiger partial charge in [0.1, 0.15) is 5.54 Å². The van der Waals surface area contributed by atoms with Crippen LogP contribution in [0.15, 0.2) is 24.3 Å². The summed E-state index contributed by atoms with van der Waals surface area (Å²) in [4.78, 5) is 25.6. The third-order valence-corrected chi connectivity index (χ3v) is 5.40. The average Bonchev–Trinajstić information content (AvgIpc) is 2.98. The van der Waals surface area contributed by atoms with E-state index in [2.05, 4.69) is 0 Å². The van der Waals surface area contributed by atoms with E-state index in [4.69, 9.17) is 21.5 Å². The summed E-state index contributed by atoms with van der Waals surface area (Å²) in [6.07, 6.45) is -3.84. The predicted molar refractivity (Wildman–Crippen MR) is 116 cm³/mol. The number of hydrogen-bond donors (Lipinski definition) is 5. The lowest BCUT2D eigenvalue weighted by Gasteiger charge is -2.25. The minimum Gasteiger partial charge on any atom is -0.480 e. The van der Waals surface area contributed by atoms with Crippen LogP contribution in [0.2, 0.25) is 6.32 Å². The molecule has 0 spiro atoms. The topological polar surface area (TPSA) is 150 Å². The van der Waals surface area contributed by atoms with Crippen molar-refractivity contribution in [1.29, 1.82) is 0 Å². The Kier molecular flexibility index (Phi) is 11.5. The smallest absolute Gasteiger partial charge is 0.451 e. The molecule has 1 amide bonds. The Morgan fingerprint density at radius 1 is 1.22 bits per heavy atom. The fourth-order valence-corrected chi connectivity index (χ4v) is 3.65. The number of carbonyl (C=O) groups excluding carboxylic acids is 1. The molecule has 1 heterocycles. The highest BCUT2D eigenvalue weighted by Crippen LogP contribution is 2.31. The summed E-state index contributed by atoms with van der Waals surface area (Å²) in [5, 5.41) is 27.4. The van der Waals surface area contributed by atoms with Gasteiger partial charge in [-0.15, -0.1) is 24.8 Å². The van der Waals surface area contributed by atoms with Crippen LogP contribution < -0.4 is 11.5 Å². The van der Waals surface area contributed by atoms with Crippen LogP contribution in [0, 0.1) is 5.92 Å². The number of benzene rings is 1. The van der Waals surface area contributed by atoms with Gasteiger partial charge in [-0.3, -0.25) is 9.59 Å². The molecule has 0 saturated carbocycles. The van der Waals surface area contributed by atoms with E-state index in [9.17, 15) is 27.9 Å². The van der Waals surface area contributed by atoms with E-state index in [1.807, 2.05) is 0 Å². The van der Waals surface area contributed by atoms with Gasteiger partial charge in [-0.2, -0.15) is 13.2 Å². The molecule has 1 aliphatic rings. The summed E-state index contributed by atoms with van der Waals surface area (Å²) < 4.78 is 37.9. The maximum atomic E-state index is 12.7. The largest absolute Gasteiger partial charge is 0.480 e. The zero-order chi connectivity index (χ0) is 22.7. The highest BCUT2D eigenvalue weighted by Gasteiger charge is 2.51. The van der Waals surface area contributed by atoms with Crippen molar-refractivity contribution in [3.8, 4) is 0 Å². The van der Waals surface area contributed by atoms with Crippen LogP contribution in [-0.4, -0.2) is 63.7 Å². The zero-order valence-electron chi connectivity index (χ0n) is 17.0. The van der Waals surface area contributed by atoms with Crippen molar-refractivity contribution in [3.05, 3.63) is 35.4 Å². The first kappa shape index (κ1) is 30.4. The van der Waals surface area contributed by atoms with Gasteiger partial charge in [0.2, 0.25) is 5.91 Å². The molecule has 3 atom stereocenters. The molecule has 0 aromatic heterocycles. The van der Waals surface area contributed by atoms with Crippen LogP contribution in [0.5, 0.6) is 0 Å². The predicted octanol–water partition coefficient (Wildman–Crippen LogP) is 0.912. The molecule has 7 N–H and O–H groups in total. The first-order valence-corrected chi connectivity index (χ1v) is 9.43. The van der Waals surface area contributed by atoms with Crippen molar-refractivity contribution in [1.82, 2.24) is 4.90 Å². The molecule has 0 radical (unpaired) electrons. The van der Waals surface area contributed by atoms with Crippen LogP contribution >= 0.6 is 24.8 Å². The molecule has 32 heavy (non-hydrogen) atoms. The Morgan fingerprint density at radius 3 is 2.25 bits per heavy atom. The van der Waals surface area contributed by atoms with Gasteiger partial charge in [-0.1, -0.05) is 18.6 Å². The van der Waals surface area contributed by atoms with Crippen LogP contribution in [0.25, 0.3) is 0 Å². The number of carboxylic acids is 1. The van der Waals surface area contributed by atoms with Gasteiger partial charge < -0.3 is 31.5 Å². The fraction of sp³-hybridized carbons (Fsp3) is 0.556. The second kappa shape index (κ2) is 12.1. The van der Waals surface area contributed by atoms with Gasteiger partial charge in [0, 0.05) is 19.0 Å². The van der Waals surface area contributed by atoms with E-state index < -0.39 is 48.2 Å². The maximum absolute atomic E-state index is 12.7. The van der Waals surface area contributed by atoms with Crippen molar-refractivity contribution in [2.24, 2.45) is 17.4 Å². The molecule has 1 aromatic rings. The highest BCUT2D eigenvalue weighted by molar-refractivity contribution is 6.40. The standard InChI is InChI=1S/C18H25BF3N3O5.2ClH/c20-18(21,22)12-5-3-11(4-6-12)8-14(23)15(26)25-9-13(2-1-7-19(29)30)17(24,10-25)16(27)28;;/h3-6,13-14,29-30H,1-2,7-10,23-24H2,(H,27,28);2*1H/t13-,14-,17-;;/m0../s1. The van der Waals surface area contributed by atoms with E-state index >= 15 is 0 Å². The molecule has 0 aliphatic carbocycles. The van der Waals surface area contributed by atoms with Crippen LogP contribution in [0.3, 0.4) is 0 Å². The van der Waals surface area contributed by atoms with Gasteiger partial charge >= 0.3 is 19.3 Å². The van der Waals surface area contributed by atoms with E-state index in [1.54, 1.807) is 0 Å². The molecule has 0 bridgehead atoms. The molecule has 14 heteroatoms. The normalized spacial score (nSPS) is 21.3. The van der Waals surface area contributed by atoms with Crippen molar-refractivity contribution in [3.63, 3.8) is 0 Å². The number of nitrogens with zero attached hydrogens (tertiary/aromatic N) is 1. The Balaban J connectivity index is 0.00000480. The highest BCUT2D eigenvalue weighted by atomic mass is 35.5. The van der Waals surface area contributed by atoms with E-state index in [-0.39, 0.29) is 57.1 Å². The lowest BCUT2D eigenvalue weighted by Crippen LogP contribution is -2.55. The molecule has 1 aliphatic heterocycles. The number of alkyl halides is 3. The van der Waals surface area contributed by atoms with Gasteiger partial charge in [-0.05, 0) is 36.9 Å². The minimum absolute atomic E-state index is 0. The Bertz CT molecular complexity index is 773. The molecule has 0 unspecified atom stereocenters. The van der Waals surface area contributed by atoms with Gasteiger partial charge in [0.25, 0.3) is 0 Å². The number of aliphatic carboxylic acids is 1. The molecule has 8 nitrogen and oxygen atoms in total. The second-order valence-electron chi connectivity index (χ2n) is 7.68. The summed E-state index contributed by atoms with van der Waals surface area (Å²) in [7, 11) is -1.52. The third kappa shape index (κ3) is 7.50. The van der Waals surface area contributed by atoms with Crippen molar-refractivity contribution < 1.29 is 37.9 Å². The Hall–Kier alpha value is -1.57. The lowest BCUT2D eigenvalue weighted by atomic mass is 9.78. The number of halogens is 5. The van der Waals surface area contributed by atoms with E-state index in [1.165, 1.54) is 17.0 Å². The van der Waals surface area contributed by atoms with Crippen LogP contribution in [0.1, 0.15) is 24.0 Å². The number of carboxylic acid groups (broad SMARTS) is 1. The Labute approximate surface area is 196 Å². The molecule has 182 valence electrons. The number of hydrogen-bond acceptors (Lipinski definition) is 6. The monoisotopic (exact) mass is 503 g/mol. The summed E-state index contributed by atoms with van der Waals surface area (Å²) in [6.45, 7) is -0.210. The van der Waals surface area contributed by atoms with Crippen molar-refractivity contribution >= 4 is 43.8 Å². The van der Waals surface area contributed by atoms with Gasteiger partial charge in [0.05, 0.1) is 11.6 Å². The summed E-state index contributed by atoms with van der Waals surface area (Å²) >= 11 is 0. The SMILES string of the molecule is Cl.Cl.N[C@@H](Cc1ccc(C(F)(F)F)cc1)C(=O)N1C[C@H](CCCB(O)O)[C@](N)(C(=O)O)C1. The second-order valence-corrected chi connectivity index (χ2v) is 7.68.